The van der Waals surface area contributed by atoms with Gasteiger partial charge >= 0.3 is 0 Å². The van der Waals surface area contributed by atoms with Gasteiger partial charge in [-0.1, -0.05) is 26.0 Å². The lowest BCUT2D eigenvalue weighted by Crippen LogP contribution is -2.22. The molecule has 4 nitrogen and oxygen atoms in total. The number of nitrogens with one attached hydrogen (secondary N) is 1. The number of guanidine groups is 1. The summed E-state index contributed by atoms with van der Waals surface area (Å²) in [5.41, 5.74) is 8.16. The summed E-state index contributed by atoms with van der Waals surface area (Å²) < 4.78 is 0. The molecular weight excluding hydrogens is 268 g/mol. The van der Waals surface area contributed by atoms with Crippen molar-refractivity contribution in [3.63, 3.8) is 0 Å². The van der Waals surface area contributed by atoms with Gasteiger partial charge in [0.25, 0.3) is 0 Å². The Balaban J connectivity index is 2.00. The first-order chi connectivity index (χ1) is 9.54. The van der Waals surface area contributed by atoms with E-state index < -0.39 is 0 Å². The predicted octanol–water partition coefficient (Wildman–Crippen LogP) is 3.50. The highest BCUT2D eigenvalue weighted by molar-refractivity contribution is 7.11. The maximum absolute atomic E-state index is 5.91. The van der Waals surface area contributed by atoms with E-state index in [0.717, 1.165) is 15.6 Å². The van der Waals surface area contributed by atoms with Crippen molar-refractivity contribution in [1.82, 2.24) is 4.98 Å². The molecule has 0 atom stereocenters. The zero-order valence-corrected chi connectivity index (χ0v) is 12.9. The van der Waals surface area contributed by atoms with Crippen molar-refractivity contribution >= 4 is 23.0 Å². The second-order valence-corrected chi connectivity index (χ2v) is 6.27. The second kappa shape index (κ2) is 6.52. The monoisotopic (exact) mass is 288 g/mol. The van der Waals surface area contributed by atoms with Crippen molar-refractivity contribution in [3.05, 3.63) is 45.9 Å². The summed E-state index contributed by atoms with van der Waals surface area (Å²) in [6.45, 7) is 6.89. The number of hydrogen-bond donors (Lipinski definition) is 2. The molecule has 1 heterocycles. The predicted molar refractivity (Wildman–Crippen MR) is 86.3 cm³/mol. The van der Waals surface area contributed by atoms with Crippen LogP contribution in [-0.4, -0.2) is 10.9 Å². The SMILES string of the molecule is Cc1ncc(CN=C(N)Nc2cccc(C(C)C)c2)s1. The van der Waals surface area contributed by atoms with Gasteiger partial charge in [-0.2, -0.15) is 0 Å². The van der Waals surface area contributed by atoms with Crippen molar-refractivity contribution < 1.29 is 0 Å². The van der Waals surface area contributed by atoms with Crippen LogP contribution in [0.4, 0.5) is 5.69 Å². The third-order valence-corrected chi connectivity index (χ3v) is 3.80. The topological polar surface area (TPSA) is 63.3 Å². The third kappa shape index (κ3) is 4.06. The fourth-order valence-electron chi connectivity index (χ4n) is 1.80. The van der Waals surface area contributed by atoms with E-state index in [1.807, 2.05) is 25.3 Å². The highest BCUT2D eigenvalue weighted by atomic mass is 32.1. The number of anilines is 1. The summed E-state index contributed by atoms with van der Waals surface area (Å²) in [4.78, 5) is 9.64. The Labute approximate surface area is 123 Å². The zero-order valence-electron chi connectivity index (χ0n) is 12.1. The first kappa shape index (κ1) is 14.5. The van der Waals surface area contributed by atoms with Gasteiger partial charge in [0.2, 0.25) is 0 Å². The minimum absolute atomic E-state index is 0.428. The van der Waals surface area contributed by atoms with Crippen LogP contribution >= 0.6 is 11.3 Å². The van der Waals surface area contributed by atoms with E-state index >= 15 is 0 Å². The van der Waals surface area contributed by atoms with Crippen molar-refractivity contribution in [2.24, 2.45) is 10.7 Å². The van der Waals surface area contributed by atoms with Crippen molar-refractivity contribution in [2.45, 2.75) is 33.2 Å². The molecule has 1 aromatic heterocycles. The fraction of sp³-hybridized carbons (Fsp3) is 0.333. The summed E-state index contributed by atoms with van der Waals surface area (Å²) in [6, 6.07) is 8.23. The largest absolute Gasteiger partial charge is 0.370 e. The molecule has 0 bridgehead atoms. The Hall–Kier alpha value is -1.88. The fourth-order valence-corrected chi connectivity index (χ4v) is 2.52. The van der Waals surface area contributed by atoms with Gasteiger partial charge < -0.3 is 11.1 Å². The van der Waals surface area contributed by atoms with Gasteiger partial charge in [-0.05, 0) is 30.5 Å². The highest BCUT2D eigenvalue weighted by Crippen LogP contribution is 2.18. The molecule has 3 N–H and O–H groups in total. The number of nitrogens with two attached hydrogens (primary N) is 1. The molecule has 0 amide bonds. The van der Waals surface area contributed by atoms with Gasteiger partial charge in [0.1, 0.15) is 0 Å². The standard InChI is InChI=1S/C15H20N4S/c1-10(2)12-5-4-6-13(7-12)19-15(16)18-9-14-8-17-11(3)20-14/h4-8,10H,9H2,1-3H3,(H3,16,18,19). The quantitative estimate of drug-likeness (QED) is 0.668. The molecule has 2 rings (SSSR count). The summed E-state index contributed by atoms with van der Waals surface area (Å²) >= 11 is 1.64. The Morgan fingerprint density at radius 2 is 2.25 bits per heavy atom. The molecule has 0 radical (unpaired) electrons. The first-order valence-electron chi connectivity index (χ1n) is 6.63. The number of benzene rings is 1. The van der Waals surface area contributed by atoms with Crippen molar-refractivity contribution in [1.29, 1.82) is 0 Å². The van der Waals surface area contributed by atoms with E-state index in [0.29, 0.717) is 18.4 Å². The van der Waals surface area contributed by atoms with Gasteiger partial charge in [-0.3, -0.25) is 0 Å². The average molecular weight is 288 g/mol. The molecule has 5 heteroatoms. The number of hydrogen-bond acceptors (Lipinski definition) is 3. The summed E-state index contributed by atoms with van der Waals surface area (Å²) in [7, 11) is 0. The molecule has 0 aliphatic rings. The number of rotatable bonds is 4. The van der Waals surface area contributed by atoms with Crippen LogP contribution in [0.3, 0.4) is 0 Å². The van der Waals surface area contributed by atoms with Gasteiger partial charge in [-0.15, -0.1) is 11.3 Å². The molecule has 2 aromatic rings. The molecule has 0 aliphatic heterocycles. The molecule has 20 heavy (non-hydrogen) atoms. The maximum atomic E-state index is 5.91. The van der Waals surface area contributed by atoms with Crippen LogP contribution in [-0.2, 0) is 6.54 Å². The van der Waals surface area contributed by atoms with E-state index in [4.69, 9.17) is 5.73 Å². The summed E-state index contributed by atoms with van der Waals surface area (Å²) in [5.74, 6) is 0.923. The minimum atomic E-state index is 0.428. The van der Waals surface area contributed by atoms with Crippen LogP contribution in [0.25, 0.3) is 0 Å². The van der Waals surface area contributed by atoms with Gasteiger partial charge in [-0.25, -0.2) is 9.98 Å². The highest BCUT2D eigenvalue weighted by Gasteiger charge is 2.02. The van der Waals surface area contributed by atoms with Crippen LogP contribution in [0.5, 0.6) is 0 Å². The number of aliphatic imine (C=N–C) groups is 1. The molecule has 0 fully saturated rings. The zero-order chi connectivity index (χ0) is 14.5. The van der Waals surface area contributed by atoms with E-state index in [1.165, 1.54) is 5.56 Å². The molecule has 0 saturated carbocycles. The van der Waals surface area contributed by atoms with Gasteiger partial charge in [0.15, 0.2) is 5.96 Å². The van der Waals surface area contributed by atoms with Crippen LogP contribution in [0.15, 0.2) is 35.5 Å². The van der Waals surface area contributed by atoms with Crippen LogP contribution in [0.1, 0.15) is 35.2 Å². The molecular formula is C15H20N4S. The summed E-state index contributed by atoms with van der Waals surface area (Å²) in [5, 5.41) is 4.17. The van der Waals surface area contributed by atoms with Gasteiger partial charge in [0.05, 0.1) is 11.6 Å². The molecule has 0 saturated heterocycles. The normalized spacial score (nSPS) is 11.9. The Morgan fingerprint density at radius 1 is 1.45 bits per heavy atom. The Bertz CT molecular complexity index is 601. The number of aryl methyl sites for hydroxylation is 1. The van der Waals surface area contributed by atoms with Crippen molar-refractivity contribution in [3.8, 4) is 0 Å². The third-order valence-electron chi connectivity index (χ3n) is 2.90. The maximum Gasteiger partial charge on any atom is 0.193 e. The molecule has 0 unspecified atom stereocenters. The molecule has 0 aliphatic carbocycles. The lowest BCUT2D eigenvalue weighted by molar-refractivity contribution is 0.867. The van der Waals surface area contributed by atoms with Crippen LogP contribution < -0.4 is 11.1 Å². The number of nitrogens with zero attached hydrogens (tertiary/aromatic N) is 2. The first-order valence-corrected chi connectivity index (χ1v) is 7.44. The van der Waals surface area contributed by atoms with Crippen molar-refractivity contribution in [2.75, 3.05) is 5.32 Å². The Morgan fingerprint density at radius 3 is 2.90 bits per heavy atom. The molecule has 0 spiro atoms. The average Bonchev–Trinajstić information content (AvgIpc) is 2.82. The Kier molecular flexibility index (Phi) is 4.74. The van der Waals surface area contributed by atoms with Crippen LogP contribution in [0, 0.1) is 6.92 Å². The smallest absolute Gasteiger partial charge is 0.193 e. The van der Waals surface area contributed by atoms with Gasteiger partial charge in [0, 0.05) is 16.8 Å². The number of thiazole rings is 1. The lowest BCUT2D eigenvalue weighted by atomic mass is 10.0. The van der Waals surface area contributed by atoms with E-state index in [9.17, 15) is 0 Å². The number of aromatic nitrogens is 1. The lowest BCUT2D eigenvalue weighted by Gasteiger charge is -2.09. The summed E-state index contributed by atoms with van der Waals surface area (Å²) in [6.07, 6.45) is 1.84. The molecule has 106 valence electrons. The van der Waals surface area contributed by atoms with Crippen LogP contribution in [0.2, 0.25) is 0 Å². The van der Waals surface area contributed by atoms with E-state index in [2.05, 4.69) is 41.3 Å². The second-order valence-electron chi connectivity index (χ2n) is 4.95. The van der Waals surface area contributed by atoms with E-state index in [-0.39, 0.29) is 0 Å². The molecule has 1 aromatic carbocycles. The van der Waals surface area contributed by atoms with E-state index in [1.54, 1.807) is 11.3 Å². The minimum Gasteiger partial charge on any atom is -0.370 e.